The van der Waals surface area contributed by atoms with E-state index in [9.17, 15) is 4.79 Å². The molecule has 0 radical (unpaired) electrons. The summed E-state index contributed by atoms with van der Waals surface area (Å²) in [7, 11) is 0. The molecule has 1 aromatic carbocycles. The van der Waals surface area contributed by atoms with Gasteiger partial charge in [-0.05, 0) is 25.5 Å². The molecular weight excluding hydrogens is 252 g/mol. The molecule has 0 saturated carbocycles. The van der Waals surface area contributed by atoms with Crippen LogP contribution in [0.3, 0.4) is 0 Å². The first-order valence-corrected chi connectivity index (χ1v) is 6.81. The fourth-order valence-corrected chi connectivity index (χ4v) is 1.81. The fourth-order valence-electron chi connectivity index (χ4n) is 1.81. The van der Waals surface area contributed by atoms with Crippen molar-refractivity contribution in [3.05, 3.63) is 43.0 Å². The Bertz CT molecular complexity index is 551. The molecule has 5 nitrogen and oxygen atoms in total. The van der Waals surface area contributed by atoms with E-state index in [1.165, 1.54) is 0 Å². The fraction of sp³-hybridized carbons (Fsp3) is 0.333. The predicted octanol–water partition coefficient (Wildman–Crippen LogP) is 2.20. The molecule has 5 heteroatoms. The second kappa shape index (κ2) is 6.86. The number of amides is 1. The van der Waals surface area contributed by atoms with Gasteiger partial charge in [-0.3, -0.25) is 4.79 Å². The molecule has 2 N–H and O–H groups in total. The Morgan fingerprint density at radius 3 is 2.90 bits per heavy atom. The van der Waals surface area contributed by atoms with Crippen LogP contribution >= 0.6 is 0 Å². The number of carbonyl (C=O) groups excluding carboxylic acids is 1. The van der Waals surface area contributed by atoms with Crippen LogP contribution in [-0.2, 0) is 4.79 Å². The Kier molecular flexibility index (Phi) is 4.90. The standard InChI is InChI=1S/C15H20N4O/c1-3-12(2)17-10-15(20)18-13-6-4-5-7-14(13)19-9-8-16-11-19/h4-9,11-12,17H,3,10H2,1-2H3,(H,18,20). The third kappa shape index (κ3) is 3.68. The Morgan fingerprint density at radius 2 is 2.20 bits per heavy atom. The van der Waals surface area contributed by atoms with Crippen LogP contribution in [0.5, 0.6) is 0 Å². The molecule has 0 bridgehead atoms. The van der Waals surface area contributed by atoms with Crippen molar-refractivity contribution in [3.8, 4) is 5.69 Å². The van der Waals surface area contributed by atoms with Crippen molar-refractivity contribution < 1.29 is 4.79 Å². The van der Waals surface area contributed by atoms with Gasteiger partial charge in [0.1, 0.15) is 0 Å². The number of imidazole rings is 1. The third-order valence-corrected chi connectivity index (χ3v) is 3.18. The highest BCUT2D eigenvalue weighted by atomic mass is 16.1. The van der Waals surface area contributed by atoms with Crippen LogP contribution in [0, 0.1) is 0 Å². The molecule has 0 spiro atoms. The van der Waals surface area contributed by atoms with Crippen LogP contribution in [-0.4, -0.2) is 28.0 Å². The molecule has 1 unspecified atom stereocenters. The highest BCUT2D eigenvalue weighted by molar-refractivity contribution is 5.94. The zero-order valence-electron chi connectivity index (χ0n) is 11.8. The molecule has 0 aliphatic rings. The number of hydrogen-bond donors (Lipinski definition) is 2. The second-order valence-corrected chi connectivity index (χ2v) is 4.73. The molecule has 2 aromatic rings. The van der Waals surface area contributed by atoms with Gasteiger partial charge in [-0.25, -0.2) is 4.98 Å². The molecule has 106 valence electrons. The van der Waals surface area contributed by atoms with Crippen LogP contribution in [0.1, 0.15) is 20.3 Å². The first-order chi connectivity index (χ1) is 9.70. The predicted molar refractivity (Wildman–Crippen MR) is 79.9 cm³/mol. The smallest absolute Gasteiger partial charge is 0.238 e. The number of benzene rings is 1. The largest absolute Gasteiger partial charge is 0.323 e. The number of para-hydroxylation sites is 2. The van der Waals surface area contributed by atoms with Gasteiger partial charge in [-0.15, -0.1) is 0 Å². The van der Waals surface area contributed by atoms with E-state index in [1.807, 2.05) is 35.0 Å². The summed E-state index contributed by atoms with van der Waals surface area (Å²) in [5.41, 5.74) is 1.68. The summed E-state index contributed by atoms with van der Waals surface area (Å²) in [6, 6.07) is 8.00. The van der Waals surface area contributed by atoms with Crippen molar-refractivity contribution >= 4 is 11.6 Å². The maximum atomic E-state index is 12.0. The lowest BCUT2D eigenvalue weighted by Gasteiger charge is -2.13. The quantitative estimate of drug-likeness (QED) is 0.847. The maximum Gasteiger partial charge on any atom is 0.238 e. The van der Waals surface area contributed by atoms with E-state index >= 15 is 0 Å². The van der Waals surface area contributed by atoms with Crippen molar-refractivity contribution in [2.75, 3.05) is 11.9 Å². The molecular formula is C15H20N4O. The van der Waals surface area contributed by atoms with Crippen LogP contribution in [0.25, 0.3) is 5.69 Å². The Labute approximate surface area is 119 Å². The molecule has 0 saturated heterocycles. The van der Waals surface area contributed by atoms with Crippen LogP contribution in [0.4, 0.5) is 5.69 Å². The van der Waals surface area contributed by atoms with Crippen molar-refractivity contribution in [2.45, 2.75) is 26.3 Å². The van der Waals surface area contributed by atoms with Gasteiger partial charge in [-0.1, -0.05) is 19.1 Å². The first kappa shape index (κ1) is 14.3. The second-order valence-electron chi connectivity index (χ2n) is 4.73. The lowest BCUT2D eigenvalue weighted by molar-refractivity contribution is -0.115. The number of aromatic nitrogens is 2. The number of anilines is 1. The third-order valence-electron chi connectivity index (χ3n) is 3.18. The normalized spacial score (nSPS) is 12.1. The first-order valence-electron chi connectivity index (χ1n) is 6.81. The van der Waals surface area contributed by atoms with Crippen molar-refractivity contribution in [2.24, 2.45) is 0 Å². The minimum Gasteiger partial charge on any atom is -0.323 e. The summed E-state index contributed by atoms with van der Waals surface area (Å²) >= 11 is 0. The Balaban J connectivity index is 2.04. The average molecular weight is 272 g/mol. The van der Waals surface area contributed by atoms with E-state index in [-0.39, 0.29) is 5.91 Å². The van der Waals surface area contributed by atoms with Gasteiger partial charge in [0.25, 0.3) is 0 Å². The van der Waals surface area contributed by atoms with E-state index in [0.717, 1.165) is 17.8 Å². The number of carbonyl (C=O) groups is 1. The molecule has 0 aliphatic carbocycles. The molecule has 1 heterocycles. The molecule has 0 aliphatic heterocycles. The molecule has 2 rings (SSSR count). The molecule has 20 heavy (non-hydrogen) atoms. The van der Waals surface area contributed by atoms with Crippen LogP contribution < -0.4 is 10.6 Å². The van der Waals surface area contributed by atoms with Crippen molar-refractivity contribution in [1.29, 1.82) is 0 Å². The molecule has 0 fully saturated rings. The Hall–Kier alpha value is -2.14. The summed E-state index contributed by atoms with van der Waals surface area (Å²) in [5.74, 6) is -0.0436. The SMILES string of the molecule is CCC(C)NCC(=O)Nc1ccccc1-n1ccnc1. The molecule has 1 amide bonds. The van der Waals surface area contributed by atoms with Gasteiger partial charge in [0.15, 0.2) is 0 Å². The van der Waals surface area contributed by atoms with Crippen molar-refractivity contribution in [1.82, 2.24) is 14.9 Å². The lowest BCUT2D eigenvalue weighted by Crippen LogP contribution is -2.34. The zero-order valence-corrected chi connectivity index (χ0v) is 11.8. The minimum atomic E-state index is -0.0436. The van der Waals surface area contributed by atoms with Gasteiger partial charge in [0.2, 0.25) is 5.91 Å². The van der Waals surface area contributed by atoms with Crippen LogP contribution in [0.15, 0.2) is 43.0 Å². The van der Waals surface area contributed by atoms with Gasteiger partial charge >= 0.3 is 0 Å². The highest BCUT2D eigenvalue weighted by Crippen LogP contribution is 2.19. The lowest BCUT2D eigenvalue weighted by atomic mass is 10.2. The van der Waals surface area contributed by atoms with Gasteiger partial charge < -0.3 is 15.2 Å². The topological polar surface area (TPSA) is 59.0 Å². The Morgan fingerprint density at radius 1 is 1.40 bits per heavy atom. The highest BCUT2D eigenvalue weighted by Gasteiger charge is 2.08. The van der Waals surface area contributed by atoms with Gasteiger partial charge in [0, 0.05) is 18.4 Å². The monoisotopic (exact) mass is 272 g/mol. The number of hydrogen-bond acceptors (Lipinski definition) is 3. The van der Waals surface area contributed by atoms with E-state index in [2.05, 4.69) is 29.5 Å². The van der Waals surface area contributed by atoms with Gasteiger partial charge in [0.05, 0.1) is 24.2 Å². The number of nitrogens with zero attached hydrogens (tertiary/aromatic N) is 2. The average Bonchev–Trinajstić information content (AvgIpc) is 2.99. The maximum absolute atomic E-state index is 12.0. The summed E-state index contributed by atoms with van der Waals surface area (Å²) in [6.07, 6.45) is 6.27. The summed E-state index contributed by atoms with van der Waals surface area (Å²) < 4.78 is 1.87. The summed E-state index contributed by atoms with van der Waals surface area (Å²) in [4.78, 5) is 16.0. The van der Waals surface area contributed by atoms with Crippen LogP contribution in [0.2, 0.25) is 0 Å². The minimum absolute atomic E-state index is 0.0436. The van der Waals surface area contributed by atoms with Gasteiger partial charge in [-0.2, -0.15) is 0 Å². The number of nitrogens with one attached hydrogen (secondary N) is 2. The van der Waals surface area contributed by atoms with E-state index in [1.54, 1.807) is 12.5 Å². The van der Waals surface area contributed by atoms with E-state index < -0.39 is 0 Å². The van der Waals surface area contributed by atoms with Crippen molar-refractivity contribution in [3.63, 3.8) is 0 Å². The summed E-state index contributed by atoms with van der Waals surface area (Å²) in [6.45, 7) is 4.46. The summed E-state index contributed by atoms with van der Waals surface area (Å²) in [5, 5.41) is 6.10. The molecule has 1 atom stereocenters. The van der Waals surface area contributed by atoms with E-state index in [4.69, 9.17) is 0 Å². The van der Waals surface area contributed by atoms with E-state index in [0.29, 0.717) is 12.6 Å². The zero-order chi connectivity index (χ0) is 14.4. The number of rotatable bonds is 6. The molecule has 1 aromatic heterocycles.